The van der Waals surface area contributed by atoms with Crippen molar-refractivity contribution in [3.63, 3.8) is 0 Å². The van der Waals surface area contributed by atoms with Gasteiger partial charge in [0.2, 0.25) is 0 Å². The molecule has 0 aliphatic rings. The van der Waals surface area contributed by atoms with E-state index in [0.29, 0.717) is 0 Å². The molecule has 4 heteroatoms. The Kier molecular flexibility index (Phi) is 7.59. The number of nitrogens with one attached hydrogen (secondary N) is 1. The molecule has 3 rings (SSSR count). The maximum Gasteiger partial charge on any atom is 0.0979 e. The van der Waals surface area contributed by atoms with Crippen LogP contribution in [0.15, 0.2) is 66.7 Å². The van der Waals surface area contributed by atoms with Crippen LogP contribution in [0.2, 0.25) is 0 Å². The van der Waals surface area contributed by atoms with E-state index in [2.05, 4.69) is 113 Å². The summed E-state index contributed by atoms with van der Waals surface area (Å²) in [4.78, 5) is 0. The molecule has 0 radical (unpaired) electrons. The number of hydrogen-bond acceptors (Lipinski definition) is 1. The Morgan fingerprint density at radius 1 is 0.727 bits per heavy atom. The van der Waals surface area contributed by atoms with Crippen molar-refractivity contribution in [3.8, 4) is 0 Å². The minimum Gasteiger partial charge on any atom is -0.242 e. The van der Waals surface area contributed by atoms with Gasteiger partial charge < -0.3 is 0 Å². The molecule has 0 aliphatic heterocycles. The molecule has 0 fully saturated rings. The average molecular weight is 482 g/mol. The van der Waals surface area contributed by atoms with Gasteiger partial charge in [0.25, 0.3) is 0 Å². The van der Waals surface area contributed by atoms with Gasteiger partial charge in [-0.2, -0.15) is 0 Å². The van der Waals surface area contributed by atoms with Crippen molar-refractivity contribution in [2.45, 2.75) is 83.4 Å². The standard InChI is InChI=1S/C29H40NOPS/c1-27(2,3)32(28(4,5)6)25-17-13-12-16-24(25)26(30-33(31)29(7,8)9)23-19-18-21-14-10-11-15-22(21)20-23/h10-20,26,30H,1-9H3/t26?,33-/m1/s1. The smallest absolute Gasteiger partial charge is 0.0979 e. The highest BCUT2D eigenvalue weighted by Crippen LogP contribution is 2.59. The van der Waals surface area contributed by atoms with Crippen LogP contribution in [0.4, 0.5) is 0 Å². The third kappa shape index (κ3) is 6.13. The van der Waals surface area contributed by atoms with E-state index < -0.39 is 18.9 Å². The molecule has 0 heterocycles. The van der Waals surface area contributed by atoms with Crippen molar-refractivity contribution in [2.75, 3.05) is 0 Å². The Labute approximate surface area is 204 Å². The Morgan fingerprint density at radius 2 is 1.27 bits per heavy atom. The zero-order valence-electron chi connectivity index (χ0n) is 21.7. The molecular weight excluding hydrogens is 441 g/mol. The highest BCUT2D eigenvalue weighted by atomic mass is 32.2. The highest BCUT2D eigenvalue weighted by molar-refractivity contribution is 7.84. The van der Waals surface area contributed by atoms with Crippen molar-refractivity contribution in [3.05, 3.63) is 77.9 Å². The van der Waals surface area contributed by atoms with Gasteiger partial charge in [-0.15, -0.1) is 0 Å². The molecule has 0 aromatic heterocycles. The molecule has 178 valence electrons. The molecule has 3 aromatic rings. The van der Waals surface area contributed by atoms with E-state index in [4.69, 9.17) is 0 Å². The van der Waals surface area contributed by atoms with Crippen molar-refractivity contribution in [2.24, 2.45) is 0 Å². The summed E-state index contributed by atoms with van der Waals surface area (Å²) in [5.74, 6) is 0. The van der Waals surface area contributed by atoms with Gasteiger partial charge in [0.1, 0.15) is 0 Å². The number of hydrogen-bond donors (Lipinski definition) is 1. The van der Waals surface area contributed by atoms with Gasteiger partial charge in [-0.1, -0.05) is 110 Å². The first-order chi connectivity index (χ1) is 15.2. The lowest BCUT2D eigenvalue weighted by molar-refractivity contribution is 0.624. The SMILES string of the molecule is CC(C)(C)P(c1ccccc1C(N[S@](=O)C(C)(C)C)c1ccc2ccccc2c1)C(C)(C)C. The summed E-state index contributed by atoms with van der Waals surface area (Å²) in [6.07, 6.45) is 0. The molecule has 0 spiro atoms. The molecule has 3 aromatic carbocycles. The van der Waals surface area contributed by atoms with Crippen LogP contribution < -0.4 is 10.0 Å². The first-order valence-corrected chi connectivity index (χ1v) is 14.2. The van der Waals surface area contributed by atoms with Crippen molar-refractivity contribution >= 4 is 35.0 Å². The number of rotatable bonds is 5. The van der Waals surface area contributed by atoms with Gasteiger partial charge in [0.05, 0.1) is 21.8 Å². The molecule has 0 saturated carbocycles. The second-order valence-corrected chi connectivity index (χ2v) is 17.6. The first-order valence-electron chi connectivity index (χ1n) is 11.8. The predicted octanol–water partition coefficient (Wildman–Crippen LogP) is 7.69. The molecule has 2 nitrogen and oxygen atoms in total. The summed E-state index contributed by atoms with van der Waals surface area (Å²) in [6, 6.07) is 23.7. The Bertz CT molecular complexity index is 1120. The van der Waals surface area contributed by atoms with Crippen LogP contribution in [-0.4, -0.2) is 19.3 Å². The molecule has 2 atom stereocenters. The fourth-order valence-electron chi connectivity index (χ4n) is 4.65. The number of benzene rings is 3. The summed E-state index contributed by atoms with van der Waals surface area (Å²) < 4.78 is 16.5. The van der Waals surface area contributed by atoms with E-state index in [0.717, 1.165) is 5.56 Å². The highest BCUT2D eigenvalue weighted by Gasteiger charge is 2.38. The van der Waals surface area contributed by atoms with Gasteiger partial charge in [-0.05, 0) is 64.4 Å². The van der Waals surface area contributed by atoms with E-state index >= 15 is 0 Å². The van der Waals surface area contributed by atoms with Crippen LogP contribution in [0.25, 0.3) is 10.8 Å². The van der Waals surface area contributed by atoms with Crippen LogP contribution in [-0.2, 0) is 11.0 Å². The molecule has 0 aliphatic carbocycles. The zero-order chi connectivity index (χ0) is 24.6. The van der Waals surface area contributed by atoms with Crippen molar-refractivity contribution < 1.29 is 4.21 Å². The Morgan fingerprint density at radius 3 is 1.85 bits per heavy atom. The topological polar surface area (TPSA) is 29.1 Å². The fourth-order valence-corrected chi connectivity index (χ4v) is 9.63. The second kappa shape index (κ2) is 9.61. The van der Waals surface area contributed by atoms with E-state index in [1.807, 2.05) is 20.8 Å². The fraction of sp³-hybridized carbons (Fsp3) is 0.448. The normalized spacial score (nSPS) is 15.1. The first kappa shape index (κ1) is 26.1. The molecule has 0 saturated heterocycles. The van der Waals surface area contributed by atoms with Crippen LogP contribution >= 0.6 is 7.92 Å². The molecule has 33 heavy (non-hydrogen) atoms. The second-order valence-electron chi connectivity index (χ2n) is 11.8. The monoisotopic (exact) mass is 481 g/mol. The average Bonchev–Trinajstić information content (AvgIpc) is 2.69. The quantitative estimate of drug-likeness (QED) is 0.372. The third-order valence-corrected chi connectivity index (χ3v) is 10.9. The molecular formula is C29H40NOPS. The molecule has 0 amide bonds. The molecule has 1 N–H and O–H groups in total. The van der Waals surface area contributed by atoms with Crippen molar-refractivity contribution in [1.82, 2.24) is 4.72 Å². The minimum absolute atomic E-state index is 0.140. The van der Waals surface area contributed by atoms with Gasteiger partial charge in [0, 0.05) is 0 Å². The number of fused-ring (bicyclic) bond motifs is 1. The molecule has 1 unspecified atom stereocenters. The minimum atomic E-state index is -1.21. The summed E-state index contributed by atoms with van der Waals surface area (Å²) in [6.45, 7) is 20.2. The van der Waals surface area contributed by atoms with Crippen LogP contribution in [0.1, 0.15) is 79.5 Å². The van der Waals surface area contributed by atoms with Gasteiger partial charge >= 0.3 is 0 Å². The summed E-state index contributed by atoms with van der Waals surface area (Å²) in [5, 5.41) is 4.09. The van der Waals surface area contributed by atoms with E-state index in [9.17, 15) is 4.21 Å². The van der Waals surface area contributed by atoms with Crippen molar-refractivity contribution in [1.29, 1.82) is 0 Å². The van der Waals surface area contributed by atoms with Crippen LogP contribution in [0.5, 0.6) is 0 Å². The van der Waals surface area contributed by atoms with E-state index in [1.54, 1.807) is 0 Å². The maximum absolute atomic E-state index is 13.4. The summed E-state index contributed by atoms with van der Waals surface area (Å²) in [7, 11) is -1.72. The van der Waals surface area contributed by atoms with Crippen LogP contribution in [0.3, 0.4) is 0 Å². The van der Waals surface area contributed by atoms with Gasteiger partial charge in [-0.3, -0.25) is 0 Å². The lowest BCUT2D eigenvalue weighted by atomic mass is 9.97. The van der Waals surface area contributed by atoms with E-state index in [-0.39, 0.29) is 21.1 Å². The summed E-state index contributed by atoms with van der Waals surface area (Å²) >= 11 is 0. The lowest BCUT2D eigenvalue weighted by Gasteiger charge is -2.43. The molecule has 0 bridgehead atoms. The Hall–Kier alpha value is -1.54. The predicted molar refractivity (Wildman–Crippen MR) is 149 cm³/mol. The third-order valence-electron chi connectivity index (χ3n) is 5.72. The van der Waals surface area contributed by atoms with Gasteiger partial charge in [-0.25, -0.2) is 8.93 Å². The lowest BCUT2D eigenvalue weighted by Crippen LogP contribution is -2.39. The maximum atomic E-state index is 13.4. The Balaban J connectivity index is 2.24. The van der Waals surface area contributed by atoms with Gasteiger partial charge in [0.15, 0.2) is 0 Å². The largest absolute Gasteiger partial charge is 0.242 e. The summed E-state index contributed by atoms with van der Waals surface area (Å²) in [5.41, 5.74) is 2.39. The zero-order valence-corrected chi connectivity index (χ0v) is 23.4. The van der Waals surface area contributed by atoms with E-state index in [1.165, 1.54) is 21.6 Å². The van der Waals surface area contributed by atoms with Crippen LogP contribution in [0, 0.1) is 0 Å².